The molecule has 0 saturated heterocycles. The van der Waals surface area contributed by atoms with E-state index < -0.39 is 0 Å². The third kappa shape index (κ3) is 6.24. The first kappa shape index (κ1) is 36.1. The molecule has 1 nitrogen and oxygen atoms in total. The molecule has 0 aliphatic carbocycles. The van der Waals surface area contributed by atoms with Crippen molar-refractivity contribution in [2.24, 2.45) is 0 Å². The average molecular weight is 806 g/mol. The first-order chi connectivity index (χ1) is 30.7. The molecule has 62 heavy (non-hydrogen) atoms. The fourth-order valence-electron chi connectivity index (χ4n) is 9.46. The Morgan fingerprint density at radius 3 is 1.40 bits per heavy atom. The van der Waals surface area contributed by atoms with Gasteiger partial charge in [-0.05, 0) is 131 Å². The maximum absolute atomic E-state index is 2.41. The third-order valence-electron chi connectivity index (χ3n) is 12.4. The van der Waals surface area contributed by atoms with E-state index in [9.17, 15) is 0 Å². The summed E-state index contributed by atoms with van der Waals surface area (Å²) < 4.78 is 2.59. The fourth-order valence-corrected chi connectivity index (χ4v) is 10.6. The van der Waals surface area contributed by atoms with Crippen molar-refractivity contribution in [1.82, 2.24) is 0 Å². The lowest BCUT2D eigenvalue weighted by Gasteiger charge is -2.26. The van der Waals surface area contributed by atoms with Gasteiger partial charge >= 0.3 is 0 Å². The number of benzene rings is 11. The Balaban J connectivity index is 0.987. The van der Waals surface area contributed by atoms with E-state index in [1.54, 1.807) is 0 Å². The molecule has 0 unspecified atom stereocenters. The second-order valence-electron chi connectivity index (χ2n) is 16.1. The van der Waals surface area contributed by atoms with Gasteiger partial charge in [-0.15, -0.1) is 11.3 Å². The number of hydrogen-bond donors (Lipinski definition) is 0. The Morgan fingerprint density at radius 1 is 0.242 bits per heavy atom. The summed E-state index contributed by atoms with van der Waals surface area (Å²) in [5, 5.41) is 10.1. The summed E-state index contributed by atoms with van der Waals surface area (Å²) in [5.41, 5.74) is 13.1. The quantitative estimate of drug-likeness (QED) is 0.145. The van der Waals surface area contributed by atoms with E-state index in [1.807, 2.05) is 11.3 Å². The van der Waals surface area contributed by atoms with E-state index in [0.29, 0.717) is 0 Å². The number of hydrogen-bond acceptors (Lipinski definition) is 2. The molecule has 12 aromatic rings. The molecule has 0 atom stereocenters. The SMILES string of the molecule is c1ccc(-c2c(-c3ccccc3)c3cc(-c4ccc(N(c5ccc(-c6ccc7ccccc7c6)cc5)c5ccc6c(c5)sc5ccccc56)cc4)ccc3c3ccccc23)cc1. The number of nitrogens with zero attached hydrogens (tertiary/aromatic N) is 1. The highest BCUT2D eigenvalue weighted by Gasteiger charge is 2.19. The molecule has 11 aromatic carbocycles. The van der Waals surface area contributed by atoms with Crippen molar-refractivity contribution in [1.29, 1.82) is 0 Å². The molecule has 0 radical (unpaired) electrons. The van der Waals surface area contributed by atoms with Crippen LogP contribution in [-0.4, -0.2) is 0 Å². The van der Waals surface area contributed by atoms with Crippen molar-refractivity contribution in [2.75, 3.05) is 4.90 Å². The largest absolute Gasteiger partial charge is 0.310 e. The minimum atomic E-state index is 1.11. The maximum atomic E-state index is 2.41. The van der Waals surface area contributed by atoms with Crippen molar-refractivity contribution in [3.63, 3.8) is 0 Å². The van der Waals surface area contributed by atoms with Crippen LogP contribution >= 0.6 is 11.3 Å². The molecule has 1 heterocycles. The van der Waals surface area contributed by atoms with Gasteiger partial charge in [0.15, 0.2) is 0 Å². The van der Waals surface area contributed by atoms with Gasteiger partial charge in [-0.2, -0.15) is 0 Å². The van der Waals surface area contributed by atoms with E-state index in [4.69, 9.17) is 0 Å². The van der Waals surface area contributed by atoms with Crippen molar-refractivity contribution < 1.29 is 0 Å². The molecular weight excluding hydrogens is 767 g/mol. The van der Waals surface area contributed by atoms with Gasteiger partial charge < -0.3 is 4.90 Å². The molecule has 0 N–H and O–H groups in total. The number of rotatable bonds is 7. The molecule has 0 aliphatic rings. The lowest BCUT2D eigenvalue weighted by Crippen LogP contribution is -2.09. The molecule has 290 valence electrons. The smallest absolute Gasteiger partial charge is 0.0476 e. The highest BCUT2D eigenvalue weighted by atomic mass is 32.1. The Bertz CT molecular complexity index is 3610. The highest BCUT2D eigenvalue weighted by Crippen LogP contribution is 2.46. The normalized spacial score (nSPS) is 11.5. The Morgan fingerprint density at radius 2 is 0.710 bits per heavy atom. The second-order valence-corrected chi connectivity index (χ2v) is 17.1. The van der Waals surface area contributed by atoms with Crippen LogP contribution in [0.3, 0.4) is 0 Å². The molecular formula is C60H39NS. The van der Waals surface area contributed by atoms with E-state index >= 15 is 0 Å². The molecule has 0 aliphatic heterocycles. The topological polar surface area (TPSA) is 3.24 Å². The minimum Gasteiger partial charge on any atom is -0.310 e. The summed E-state index contributed by atoms with van der Waals surface area (Å²) in [5.74, 6) is 0. The van der Waals surface area contributed by atoms with Crippen molar-refractivity contribution in [2.45, 2.75) is 0 Å². The molecule has 0 bridgehead atoms. The van der Waals surface area contributed by atoms with Crippen LogP contribution in [0.1, 0.15) is 0 Å². The molecule has 2 heteroatoms. The van der Waals surface area contributed by atoms with Gasteiger partial charge in [-0.3, -0.25) is 0 Å². The molecule has 0 fully saturated rings. The van der Waals surface area contributed by atoms with Crippen LogP contribution in [0, 0.1) is 0 Å². The summed E-state index contributed by atoms with van der Waals surface area (Å²) in [6.07, 6.45) is 0. The van der Waals surface area contributed by atoms with Crippen molar-refractivity contribution in [3.8, 4) is 44.5 Å². The summed E-state index contributed by atoms with van der Waals surface area (Å²) in [4.78, 5) is 2.39. The van der Waals surface area contributed by atoms with Gasteiger partial charge in [-0.1, -0.05) is 182 Å². The lowest BCUT2D eigenvalue weighted by molar-refractivity contribution is 1.29. The van der Waals surface area contributed by atoms with E-state index in [2.05, 4.69) is 241 Å². The van der Waals surface area contributed by atoms with Crippen LogP contribution in [0.25, 0.3) is 97.0 Å². The fraction of sp³-hybridized carbons (Fsp3) is 0. The lowest BCUT2D eigenvalue weighted by atomic mass is 9.84. The van der Waals surface area contributed by atoms with Gasteiger partial charge in [0.2, 0.25) is 0 Å². The number of anilines is 3. The predicted molar refractivity (Wildman–Crippen MR) is 268 cm³/mol. The molecule has 12 rings (SSSR count). The maximum Gasteiger partial charge on any atom is 0.0476 e. The zero-order valence-electron chi connectivity index (χ0n) is 33.9. The van der Waals surface area contributed by atoms with Crippen LogP contribution < -0.4 is 4.90 Å². The summed E-state index contributed by atoms with van der Waals surface area (Å²) in [7, 11) is 0. The minimum absolute atomic E-state index is 1.11. The van der Waals surface area contributed by atoms with Gasteiger partial charge in [0.1, 0.15) is 0 Å². The standard InChI is InChI=1S/C60H39NS/c1-3-14-43(15-4-1)59-55-21-10-9-19-51(55)52-35-29-47(38-56(52)60(59)44-16-5-2-6-17-44)42-27-32-49(33-28-42)61(50-34-36-54-53-20-11-12-22-57(53)62-58(54)39-50)48-30-25-41(26-31-48)46-24-23-40-13-7-8-18-45(40)37-46/h1-39H. The molecule has 1 aromatic heterocycles. The van der Waals surface area contributed by atoms with Crippen LogP contribution in [0.15, 0.2) is 237 Å². The Labute approximate surface area is 365 Å². The summed E-state index contributed by atoms with van der Waals surface area (Å²) >= 11 is 1.86. The third-order valence-corrected chi connectivity index (χ3v) is 13.6. The van der Waals surface area contributed by atoms with Crippen molar-refractivity contribution >= 4 is 80.9 Å². The van der Waals surface area contributed by atoms with Crippen LogP contribution in [0.5, 0.6) is 0 Å². The van der Waals surface area contributed by atoms with Crippen LogP contribution in [-0.2, 0) is 0 Å². The second kappa shape index (κ2) is 15.0. The first-order valence-electron chi connectivity index (χ1n) is 21.2. The van der Waals surface area contributed by atoms with Gasteiger partial charge in [0.25, 0.3) is 0 Å². The zero-order valence-corrected chi connectivity index (χ0v) is 34.7. The monoisotopic (exact) mass is 805 g/mol. The van der Waals surface area contributed by atoms with Gasteiger partial charge in [-0.25, -0.2) is 0 Å². The van der Waals surface area contributed by atoms with E-state index in [-0.39, 0.29) is 0 Å². The average Bonchev–Trinajstić information content (AvgIpc) is 3.72. The molecule has 0 saturated carbocycles. The van der Waals surface area contributed by atoms with Gasteiger partial charge in [0, 0.05) is 37.2 Å². The molecule has 0 spiro atoms. The number of thiophene rings is 1. The van der Waals surface area contributed by atoms with Gasteiger partial charge in [0.05, 0.1) is 0 Å². The van der Waals surface area contributed by atoms with Crippen molar-refractivity contribution in [3.05, 3.63) is 237 Å². The van der Waals surface area contributed by atoms with Crippen LogP contribution in [0.4, 0.5) is 17.1 Å². The van der Waals surface area contributed by atoms with E-state index in [1.165, 1.54) is 97.0 Å². The molecule has 0 amide bonds. The highest BCUT2D eigenvalue weighted by molar-refractivity contribution is 7.25. The Hall–Kier alpha value is -7.78. The predicted octanol–water partition coefficient (Wildman–Crippen LogP) is 17.7. The summed E-state index contributed by atoms with van der Waals surface area (Å²) in [6, 6.07) is 86.7. The number of fused-ring (bicyclic) bond motifs is 7. The Kier molecular flexibility index (Phi) is 8.76. The summed E-state index contributed by atoms with van der Waals surface area (Å²) in [6.45, 7) is 0. The van der Waals surface area contributed by atoms with E-state index in [0.717, 1.165) is 17.1 Å². The zero-order chi connectivity index (χ0) is 41.0. The van der Waals surface area contributed by atoms with Crippen LogP contribution in [0.2, 0.25) is 0 Å². The first-order valence-corrected chi connectivity index (χ1v) is 22.1.